The van der Waals surface area contributed by atoms with E-state index in [0.717, 1.165) is 18.7 Å². The Balaban J connectivity index is 2.40. The Bertz CT molecular complexity index is 493. The van der Waals surface area contributed by atoms with Crippen molar-refractivity contribution in [1.29, 1.82) is 0 Å². The average Bonchev–Trinajstić information content (AvgIpc) is 2.39. The van der Waals surface area contributed by atoms with E-state index in [1.165, 1.54) is 16.3 Å². The lowest BCUT2D eigenvalue weighted by molar-refractivity contribution is 0.319. The summed E-state index contributed by atoms with van der Waals surface area (Å²) in [4.78, 5) is 0. The van der Waals surface area contributed by atoms with Gasteiger partial charge >= 0.3 is 0 Å². The van der Waals surface area contributed by atoms with Crippen molar-refractivity contribution >= 4 is 10.8 Å². The maximum atomic E-state index is 5.92. The summed E-state index contributed by atoms with van der Waals surface area (Å²) in [6.45, 7) is 3.74. The van der Waals surface area contributed by atoms with E-state index in [-0.39, 0.29) is 0 Å². The Morgan fingerprint density at radius 3 is 2.71 bits per heavy atom. The number of hydrogen-bond donors (Lipinski definition) is 1. The molecule has 0 radical (unpaired) electrons. The van der Waals surface area contributed by atoms with Gasteiger partial charge in [0, 0.05) is 11.9 Å². The monoisotopic (exact) mass is 229 g/mol. The fourth-order valence-corrected chi connectivity index (χ4v) is 1.99. The van der Waals surface area contributed by atoms with E-state index in [9.17, 15) is 0 Å². The van der Waals surface area contributed by atoms with Gasteiger partial charge in [-0.3, -0.25) is 0 Å². The van der Waals surface area contributed by atoms with Gasteiger partial charge in [-0.1, -0.05) is 43.3 Å². The molecule has 0 unspecified atom stereocenters. The minimum Gasteiger partial charge on any atom is -0.491 e. The van der Waals surface area contributed by atoms with Crippen LogP contribution in [-0.2, 0) is 6.42 Å². The molecule has 2 rings (SSSR count). The van der Waals surface area contributed by atoms with Crippen molar-refractivity contribution in [2.24, 2.45) is 0 Å². The topological polar surface area (TPSA) is 21.3 Å². The minimum absolute atomic E-state index is 0.706. The van der Waals surface area contributed by atoms with Gasteiger partial charge in [-0.25, -0.2) is 0 Å². The van der Waals surface area contributed by atoms with Gasteiger partial charge in [-0.15, -0.1) is 0 Å². The Kier molecular flexibility index (Phi) is 3.99. The minimum atomic E-state index is 0.706. The fraction of sp³-hybridized carbons (Fsp3) is 0.333. The van der Waals surface area contributed by atoms with Crippen molar-refractivity contribution in [3.05, 3.63) is 42.0 Å². The lowest BCUT2D eigenvalue weighted by atomic mass is 10.0. The molecule has 0 aliphatic rings. The molecule has 2 heteroatoms. The molecule has 0 spiro atoms. The average molecular weight is 229 g/mol. The number of nitrogens with one attached hydrogen (secondary N) is 1. The number of aryl methyl sites for hydroxylation is 1. The Hall–Kier alpha value is -1.54. The van der Waals surface area contributed by atoms with Crippen LogP contribution in [0.4, 0.5) is 0 Å². The molecular formula is C15H19NO. The molecule has 17 heavy (non-hydrogen) atoms. The largest absolute Gasteiger partial charge is 0.491 e. The molecule has 2 aromatic carbocycles. The van der Waals surface area contributed by atoms with E-state index >= 15 is 0 Å². The molecule has 0 saturated carbocycles. The smallest absolute Gasteiger partial charge is 0.130 e. The van der Waals surface area contributed by atoms with Crippen LogP contribution in [0.3, 0.4) is 0 Å². The zero-order chi connectivity index (χ0) is 12.1. The highest BCUT2D eigenvalue weighted by Gasteiger charge is 2.06. The van der Waals surface area contributed by atoms with Gasteiger partial charge in [0.1, 0.15) is 12.4 Å². The summed E-state index contributed by atoms with van der Waals surface area (Å²) < 4.78 is 5.92. The molecule has 0 atom stereocenters. The molecule has 0 aromatic heterocycles. The summed E-state index contributed by atoms with van der Waals surface area (Å²) >= 11 is 0. The summed E-state index contributed by atoms with van der Waals surface area (Å²) in [7, 11) is 1.94. The summed E-state index contributed by atoms with van der Waals surface area (Å²) in [6, 6.07) is 12.7. The predicted molar refractivity (Wildman–Crippen MR) is 72.7 cm³/mol. The maximum Gasteiger partial charge on any atom is 0.130 e. The highest BCUT2D eigenvalue weighted by atomic mass is 16.5. The summed E-state index contributed by atoms with van der Waals surface area (Å²) in [5.41, 5.74) is 1.28. The lowest BCUT2D eigenvalue weighted by Crippen LogP contribution is -2.16. The fourth-order valence-electron chi connectivity index (χ4n) is 1.99. The van der Waals surface area contributed by atoms with Gasteiger partial charge in [-0.05, 0) is 24.4 Å². The predicted octanol–water partition coefficient (Wildman–Crippen LogP) is 3.00. The maximum absolute atomic E-state index is 5.92. The first kappa shape index (κ1) is 11.9. The molecule has 0 aliphatic carbocycles. The first-order valence-corrected chi connectivity index (χ1v) is 6.15. The van der Waals surface area contributed by atoms with Gasteiger partial charge in [0.2, 0.25) is 0 Å². The highest BCUT2D eigenvalue weighted by Crippen LogP contribution is 2.30. The van der Waals surface area contributed by atoms with Crippen molar-refractivity contribution in [3.8, 4) is 5.75 Å². The van der Waals surface area contributed by atoms with Crippen LogP contribution in [0, 0.1) is 0 Å². The van der Waals surface area contributed by atoms with Gasteiger partial charge in [0.15, 0.2) is 0 Å². The molecule has 0 saturated heterocycles. The molecular weight excluding hydrogens is 210 g/mol. The third-order valence-electron chi connectivity index (χ3n) is 2.94. The van der Waals surface area contributed by atoms with E-state index in [0.29, 0.717) is 6.61 Å². The first-order valence-electron chi connectivity index (χ1n) is 6.15. The molecule has 0 aliphatic heterocycles. The number of benzene rings is 2. The van der Waals surface area contributed by atoms with Gasteiger partial charge < -0.3 is 10.1 Å². The van der Waals surface area contributed by atoms with Crippen LogP contribution in [-0.4, -0.2) is 20.2 Å². The van der Waals surface area contributed by atoms with E-state index < -0.39 is 0 Å². The Morgan fingerprint density at radius 2 is 1.94 bits per heavy atom. The summed E-state index contributed by atoms with van der Waals surface area (Å²) in [5, 5.41) is 5.55. The van der Waals surface area contributed by atoms with Crippen LogP contribution >= 0.6 is 0 Å². The molecule has 0 amide bonds. The molecule has 0 heterocycles. The van der Waals surface area contributed by atoms with Gasteiger partial charge in [0.25, 0.3) is 0 Å². The van der Waals surface area contributed by atoms with Gasteiger partial charge in [0.05, 0.1) is 0 Å². The molecule has 0 bridgehead atoms. The lowest BCUT2D eigenvalue weighted by Gasteiger charge is -2.13. The third kappa shape index (κ3) is 2.59. The van der Waals surface area contributed by atoms with Crippen molar-refractivity contribution in [2.45, 2.75) is 13.3 Å². The molecule has 1 N–H and O–H groups in total. The number of likely N-dealkylation sites (N-methyl/N-ethyl adjacent to an activating group) is 1. The number of ether oxygens (including phenoxy) is 1. The summed E-state index contributed by atoms with van der Waals surface area (Å²) in [6.07, 6.45) is 1.000. The molecule has 2 nitrogen and oxygen atoms in total. The van der Waals surface area contributed by atoms with Crippen LogP contribution in [0.5, 0.6) is 5.75 Å². The first-order chi connectivity index (χ1) is 8.36. The third-order valence-corrected chi connectivity index (χ3v) is 2.94. The number of rotatable bonds is 5. The second-order valence-corrected chi connectivity index (χ2v) is 4.08. The number of hydrogen-bond acceptors (Lipinski definition) is 2. The van der Waals surface area contributed by atoms with Crippen molar-refractivity contribution in [3.63, 3.8) is 0 Å². The highest BCUT2D eigenvalue weighted by molar-refractivity contribution is 5.89. The summed E-state index contributed by atoms with van der Waals surface area (Å²) in [5.74, 6) is 1.04. The van der Waals surface area contributed by atoms with Crippen LogP contribution in [0.15, 0.2) is 36.4 Å². The van der Waals surface area contributed by atoms with Crippen molar-refractivity contribution < 1.29 is 4.74 Å². The molecule has 0 fully saturated rings. The zero-order valence-electron chi connectivity index (χ0n) is 10.5. The van der Waals surface area contributed by atoms with Crippen LogP contribution in [0.1, 0.15) is 12.5 Å². The van der Waals surface area contributed by atoms with E-state index in [1.807, 2.05) is 7.05 Å². The van der Waals surface area contributed by atoms with Crippen LogP contribution < -0.4 is 10.1 Å². The quantitative estimate of drug-likeness (QED) is 0.796. The Morgan fingerprint density at radius 1 is 1.12 bits per heavy atom. The molecule has 90 valence electrons. The second-order valence-electron chi connectivity index (χ2n) is 4.08. The normalized spacial score (nSPS) is 10.7. The van der Waals surface area contributed by atoms with Crippen LogP contribution in [0.25, 0.3) is 10.8 Å². The van der Waals surface area contributed by atoms with Gasteiger partial charge in [-0.2, -0.15) is 0 Å². The van der Waals surface area contributed by atoms with Crippen molar-refractivity contribution in [1.82, 2.24) is 5.32 Å². The van der Waals surface area contributed by atoms with E-state index in [2.05, 4.69) is 48.6 Å². The second kappa shape index (κ2) is 5.69. The SMILES string of the molecule is CCc1ccc2ccccc2c1OCCNC. The van der Waals surface area contributed by atoms with Crippen molar-refractivity contribution in [2.75, 3.05) is 20.2 Å². The van der Waals surface area contributed by atoms with E-state index in [1.54, 1.807) is 0 Å². The standard InChI is InChI=1S/C15H19NO/c1-3-12-8-9-13-6-4-5-7-14(13)15(12)17-11-10-16-2/h4-9,16H,3,10-11H2,1-2H3. The molecule has 2 aromatic rings. The Labute approximate surface area is 103 Å². The van der Waals surface area contributed by atoms with Crippen LogP contribution in [0.2, 0.25) is 0 Å². The zero-order valence-corrected chi connectivity index (χ0v) is 10.5. The van der Waals surface area contributed by atoms with E-state index in [4.69, 9.17) is 4.74 Å². The number of fused-ring (bicyclic) bond motifs is 1.